The molecule has 2 fully saturated rings. The molecule has 4 heteroatoms. The van der Waals surface area contributed by atoms with Crippen LogP contribution in [0.4, 0.5) is 0 Å². The van der Waals surface area contributed by atoms with Gasteiger partial charge in [0, 0.05) is 13.0 Å². The molecular formula is C18H27O3P. The van der Waals surface area contributed by atoms with Crippen LogP contribution in [0, 0.1) is 5.92 Å². The minimum atomic E-state index is -0.154. The monoisotopic (exact) mass is 322 g/mol. The third-order valence-corrected chi connectivity index (χ3v) is 7.69. The second-order valence-corrected chi connectivity index (χ2v) is 8.75. The Kier molecular flexibility index (Phi) is 5.87. The standard InChI is InChI=1S/C18H27O3P/c1-19-13-14-11-12-20-18(21-14)16-9-6-10-17(16)22(2)15-7-4-3-5-8-15/h3-5,7-8,14,16-18H,6,9-13H2,1-2H3/t14-,16?,17?,18-,22?/m0/s1. The van der Waals surface area contributed by atoms with Gasteiger partial charge in [0.05, 0.1) is 19.3 Å². The van der Waals surface area contributed by atoms with Crippen molar-refractivity contribution in [2.45, 2.75) is 43.7 Å². The molecule has 1 heterocycles. The van der Waals surface area contributed by atoms with Crippen LogP contribution in [0.25, 0.3) is 0 Å². The average Bonchev–Trinajstić information content (AvgIpc) is 3.05. The summed E-state index contributed by atoms with van der Waals surface area (Å²) in [5.74, 6) is 0.538. The van der Waals surface area contributed by atoms with E-state index in [4.69, 9.17) is 14.2 Å². The van der Waals surface area contributed by atoms with Crippen molar-refractivity contribution in [3.05, 3.63) is 30.3 Å². The summed E-state index contributed by atoms with van der Waals surface area (Å²) < 4.78 is 17.4. The third kappa shape index (κ3) is 3.71. The van der Waals surface area contributed by atoms with E-state index in [9.17, 15) is 0 Å². The van der Waals surface area contributed by atoms with Crippen LogP contribution >= 0.6 is 7.92 Å². The first-order valence-corrected chi connectivity index (χ1v) is 10.2. The quantitative estimate of drug-likeness (QED) is 0.778. The van der Waals surface area contributed by atoms with Gasteiger partial charge in [-0.1, -0.05) is 44.7 Å². The largest absolute Gasteiger partial charge is 0.382 e. The van der Waals surface area contributed by atoms with Gasteiger partial charge in [0.2, 0.25) is 0 Å². The van der Waals surface area contributed by atoms with E-state index in [-0.39, 0.29) is 20.3 Å². The lowest BCUT2D eigenvalue weighted by Gasteiger charge is -2.37. The summed E-state index contributed by atoms with van der Waals surface area (Å²) in [6.07, 6.45) is 4.95. The summed E-state index contributed by atoms with van der Waals surface area (Å²) in [6, 6.07) is 11.0. The van der Waals surface area contributed by atoms with Gasteiger partial charge in [-0.05, 0) is 36.9 Å². The van der Waals surface area contributed by atoms with E-state index in [1.807, 2.05) is 0 Å². The Morgan fingerprint density at radius 3 is 2.77 bits per heavy atom. The van der Waals surface area contributed by atoms with E-state index >= 15 is 0 Å². The first kappa shape index (κ1) is 16.4. The molecule has 3 unspecified atom stereocenters. The van der Waals surface area contributed by atoms with E-state index in [0.29, 0.717) is 18.2 Å². The van der Waals surface area contributed by atoms with Crippen molar-refractivity contribution in [3.63, 3.8) is 0 Å². The molecule has 0 amide bonds. The number of hydrogen-bond donors (Lipinski definition) is 0. The zero-order valence-electron chi connectivity index (χ0n) is 13.6. The first-order valence-electron chi connectivity index (χ1n) is 8.33. The molecule has 22 heavy (non-hydrogen) atoms. The van der Waals surface area contributed by atoms with Gasteiger partial charge in [0.1, 0.15) is 0 Å². The van der Waals surface area contributed by atoms with Crippen LogP contribution in [-0.2, 0) is 14.2 Å². The van der Waals surface area contributed by atoms with Gasteiger partial charge in [-0.3, -0.25) is 0 Å². The molecule has 0 radical (unpaired) electrons. The molecule has 1 saturated carbocycles. The number of hydrogen-bond acceptors (Lipinski definition) is 3. The fourth-order valence-corrected chi connectivity index (χ4v) is 6.23. The fraction of sp³-hybridized carbons (Fsp3) is 0.667. The van der Waals surface area contributed by atoms with Crippen LogP contribution in [0.2, 0.25) is 0 Å². The van der Waals surface area contributed by atoms with Crippen LogP contribution in [-0.4, -0.2) is 45.0 Å². The number of methoxy groups -OCH3 is 1. The van der Waals surface area contributed by atoms with Crippen molar-refractivity contribution in [2.24, 2.45) is 5.92 Å². The minimum Gasteiger partial charge on any atom is -0.382 e. The molecule has 3 rings (SSSR count). The van der Waals surface area contributed by atoms with Gasteiger partial charge in [-0.15, -0.1) is 0 Å². The Labute approximate surface area is 135 Å². The highest BCUT2D eigenvalue weighted by Gasteiger charge is 2.40. The predicted molar refractivity (Wildman–Crippen MR) is 91.2 cm³/mol. The second kappa shape index (κ2) is 7.88. The van der Waals surface area contributed by atoms with Crippen LogP contribution in [0.1, 0.15) is 25.7 Å². The molecule has 3 nitrogen and oxygen atoms in total. The smallest absolute Gasteiger partial charge is 0.161 e. The molecule has 1 aliphatic carbocycles. The molecule has 1 saturated heterocycles. The van der Waals surface area contributed by atoms with Crippen LogP contribution < -0.4 is 5.30 Å². The zero-order chi connectivity index (χ0) is 15.4. The van der Waals surface area contributed by atoms with Crippen LogP contribution in [0.5, 0.6) is 0 Å². The van der Waals surface area contributed by atoms with E-state index in [2.05, 4.69) is 37.0 Å². The van der Waals surface area contributed by atoms with Crippen LogP contribution in [0.15, 0.2) is 30.3 Å². The van der Waals surface area contributed by atoms with Crippen molar-refractivity contribution in [2.75, 3.05) is 27.0 Å². The Morgan fingerprint density at radius 1 is 1.18 bits per heavy atom. The van der Waals surface area contributed by atoms with E-state index in [1.165, 1.54) is 24.6 Å². The molecule has 5 atom stereocenters. The summed E-state index contributed by atoms with van der Waals surface area (Å²) >= 11 is 0. The van der Waals surface area contributed by atoms with Gasteiger partial charge in [-0.25, -0.2) is 0 Å². The van der Waals surface area contributed by atoms with Gasteiger partial charge in [-0.2, -0.15) is 0 Å². The Bertz CT molecular complexity index is 451. The Balaban J connectivity index is 1.67. The zero-order valence-corrected chi connectivity index (χ0v) is 14.5. The van der Waals surface area contributed by atoms with E-state index in [1.54, 1.807) is 7.11 Å². The second-order valence-electron chi connectivity index (χ2n) is 6.35. The van der Waals surface area contributed by atoms with Gasteiger partial charge < -0.3 is 14.2 Å². The molecule has 0 spiro atoms. The molecule has 0 bridgehead atoms. The first-order chi connectivity index (χ1) is 10.8. The molecule has 2 aliphatic rings. The van der Waals surface area contributed by atoms with Crippen molar-refractivity contribution >= 4 is 13.2 Å². The lowest BCUT2D eigenvalue weighted by molar-refractivity contribution is -0.241. The maximum absolute atomic E-state index is 6.19. The lowest BCUT2D eigenvalue weighted by Crippen LogP contribution is -2.41. The number of rotatable bonds is 5. The van der Waals surface area contributed by atoms with Crippen molar-refractivity contribution < 1.29 is 14.2 Å². The molecule has 1 aromatic carbocycles. The summed E-state index contributed by atoms with van der Waals surface area (Å²) in [4.78, 5) is 0. The highest BCUT2D eigenvalue weighted by molar-refractivity contribution is 7.65. The van der Waals surface area contributed by atoms with E-state index in [0.717, 1.165) is 13.0 Å². The van der Waals surface area contributed by atoms with Crippen molar-refractivity contribution in [3.8, 4) is 0 Å². The Morgan fingerprint density at radius 2 is 2.00 bits per heavy atom. The van der Waals surface area contributed by atoms with Crippen LogP contribution in [0.3, 0.4) is 0 Å². The minimum absolute atomic E-state index is 0.0323. The normalized spacial score (nSPS) is 33.7. The predicted octanol–water partition coefficient (Wildman–Crippen LogP) is 3.37. The fourth-order valence-electron chi connectivity index (χ4n) is 3.77. The molecule has 0 N–H and O–H groups in total. The van der Waals surface area contributed by atoms with Crippen molar-refractivity contribution in [1.29, 1.82) is 0 Å². The average molecular weight is 322 g/mol. The van der Waals surface area contributed by atoms with Crippen molar-refractivity contribution in [1.82, 2.24) is 0 Å². The summed E-state index contributed by atoms with van der Waals surface area (Å²) in [5.41, 5.74) is 0.712. The third-order valence-electron chi connectivity index (χ3n) is 4.94. The highest BCUT2D eigenvalue weighted by Crippen LogP contribution is 2.50. The van der Waals surface area contributed by atoms with E-state index < -0.39 is 0 Å². The highest BCUT2D eigenvalue weighted by atomic mass is 31.1. The summed E-state index contributed by atoms with van der Waals surface area (Å²) in [5, 5.41) is 1.50. The van der Waals surface area contributed by atoms with Gasteiger partial charge >= 0.3 is 0 Å². The van der Waals surface area contributed by atoms with Gasteiger partial charge in [0.25, 0.3) is 0 Å². The summed E-state index contributed by atoms with van der Waals surface area (Å²) in [7, 11) is 1.59. The SMILES string of the molecule is COC[C@@H]1CCO[C@H](C2CCCC2P(C)c2ccccc2)O1. The molecule has 1 aliphatic heterocycles. The van der Waals surface area contributed by atoms with Gasteiger partial charge in [0.15, 0.2) is 6.29 Å². The molecule has 122 valence electrons. The Hall–Kier alpha value is -0.470. The topological polar surface area (TPSA) is 27.7 Å². The number of ether oxygens (including phenoxy) is 3. The maximum Gasteiger partial charge on any atom is 0.161 e. The summed E-state index contributed by atoms with van der Waals surface area (Å²) in [6.45, 7) is 3.90. The lowest BCUT2D eigenvalue weighted by atomic mass is 10.1. The number of benzene rings is 1. The maximum atomic E-state index is 6.19. The molecule has 1 aromatic rings. The molecule has 0 aromatic heterocycles. The molecular weight excluding hydrogens is 295 g/mol.